The second kappa shape index (κ2) is 19.3. The van der Waals surface area contributed by atoms with Gasteiger partial charge in [0.25, 0.3) is 0 Å². The van der Waals surface area contributed by atoms with E-state index in [1.807, 2.05) is 21.6 Å². The first-order chi connectivity index (χ1) is 28.3. The van der Waals surface area contributed by atoms with Crippen molar-refractivity contribution in [3.63, 3.8) is 0 Å². The van der Waals surface area contributed by atoms with E-state index in [9.17, 15) is 30.3 Å². The quantitative estimate of drug-likeness (QED) is 0.0911. The number of guanidine groups is 1. The molecule has 0 aromatic heterocycles. The maximum absolute atomic E-state index is 12.9. The third kappa shape index (κ3) is 10.6. The van der Waals surface area contributed by atoms with Gasteiger partial charge in [-0.15, -0.1) is 0 Å². The molecule has 15 heteroatoms. The zero-order valence-corrected chi connectivity index (χ0v) is 36.4. The number of aliphatic hydroxyl groups excluding tert-OH is 3. The molecule has 10 atom stereocenters. The summed E-state index contributed by atoms with van der Waals surface area (Å²) in [4.78, 5) is 17.8. The number of hydrogen-bond acceptors (Lipinski definition) is 15. The zero-order valence-electron chi connectivity index (χ0n) is 34.8. The van der Waals surface area contributed by atoms with Crippen LogP contribution in [-0.4, -0.2) is 110 Å². The van der Waals surface area contributed by atoms with Crippen LogP contribution in [0.5, 0.6) is 11.5 Å². The molecule has 0 amide bonds. The van der Waals surface area contributed by atoms with Gasteiger partial charge < -0.3 is 56.7 Å². The van der Waals surface area contributed by atoms with Gasteiger partial charge in [0.2, 0.25) is 0 Å². The van der Waals surface area contributed by atoms with Crippen LogP contribution < -0.4 is 26.4 Å². The van der Waals surface area contributed by atoms with Crippen LogP contribution in [0.2, 0.25) is 0 Å². The number of carbonyl (C=O) groups excluding carboxylic acids is 1. The van der Waals surface area contributed by atoms with Gasteiger partial charge in [-0.1, -0.05) is 52.7 Å². The molecule has 59 heavy (non-hydrogen) atoms. The number of ether oxygens (including phenoxy) is 2. The van der Waals surface area contributed by atoms with Crippen molar-refractivity contribution < 1.29 is 39.8 Å². The third-order valence-electron chi connectivity index (χ3n) is 14.3. The first-order valence-electron chi connectivity index (χ1n) is 22.0. The van der Waals surface area contributed by atoms with Gasteiger partial charge in [0, 0.05) is 72.3 Å². The number of rotatable bonds is 3. The molecule has 1 aromatic carbocycles. The monoisotopic (exact) mass is 857 g/mol. The van der Waals surface area contributed by atoms with Crippen LogP contribution in [0.4, 0.5) is 0 Å². The van der Waals surface area contributed by atoms with Crippen molar-refractivity contribution in [3.8, 4) is 23.3 Å². The van der Waals surface area contributed by atoms with Gasteiger partial charge in [0.15, 0.2) is 23.7 Å². The van der Waals surface area contributed by atoms with Crippen molar-refractivity contribution in [2.45, 2.75) is 158 Å². The SMILES string of the molecule is CC(=O)O[C@H]1C[C@@H](O)CC[C@@]2([C@H](C)O)C#CC3C[C@H]4CC[C@H](NCCSSCC5(CCCCC5)NC(N)=NC2)[C@@]2(CC(CCN2)Oc2cc(c(C(O)O)cc2O)C[C@H]31)C4. The highest BCUT2D eigenvalue weighted by molar-refractivity contribution is 8.76. The number of phenols is 1. The number of benzene rings is 1. The van der Waals surface area contributed by atoms with Gasteiger partial charge in [-0.25, -0.2) is 0 Å². The van der Waals surface area contributed by atoms with Gasteiger partial charge in [0.1, 0.15) is 12.2 Å². The Balaban J connectivity index is 1.39. The summed E-state index contributed by atoms with van der Waals surface area (Å²) in [6.45, 7) is 4.84. The second-order valence-corrected chi connectivity index (χ2v) is 21.1. The summed E-state index contributed by atoms with van der Waals surface area (Å²) in [6.07, 6.45) is 6.64. The fourth-order valence-electron chi connectivity index (χ4n) is 11.1. The normalized spacial score (nSPS) is 36.1. The summed E-state index contributed by atoms with van der Waals surface area (Å²) in [7, 11) is 3.77. The average Bonchev–Trinajstić information content (AvgIpc) is 3.18. The van der Waals surface area contributed by atoms with Gasteiger partial charge >= 0.3 is 5.97 Å². The number of nitrogens with one attached hydrogen (secondary N) is 3. The van der Waals surface area contributed by atoms with Crippen LogP contribution in [-0.2, 0) is 16.0 Å². The highest BCUT2D eigenvalue weighted by Gasteiger charge is 2.49. The fourth-order valence-corrected chi connectivity index (χ4v) is 13.6. The predicted molar refractivity (Wildman–Crippen MR) is 232 cm³/mol. The minimum absolute atomic E-state index is 0.125. The predicted octanol–water partition coefficient (Wildman–Crippen LogP) is 4.03. The molecule has 3 fully saturated rings. The Labute approximate surface area is 357 Å². The largest absolute Gasteiger partial charge is 0.504 e. The van der Waals surface area contributed by atoms with Gasteiger partial charge in [-0.05, 0) is 101 Å². The lowest BCUT2D eigenvalue weighted by Crippen LogP contribution is -2.66. The number of hydrogen-bond donors (Lipinski definition) is 9. The van der Waals surface area contributed by atoms with E-state index in [-0.39, 0.29) is 72.0 Å². The van der Waals surface area contributed by atoms with Gasteiger partial charge in [-0.3, -0.25) is 9.79 Å². The Morgan fingerprint density at radius 2 is 1.86 bits per heavy atom. The number of piperidine rings is 1. The summed E-state index contributed by atoms with van der Waals surface area (Å²) < 4.78 is 12.8. The fraction of sp³-hybridized carbons (Fsp3) is 0.773. The molecule has 4 heterocycles. The molecule has 2 spiro atoms. The number of nitrogens with two attached hydrogens (primary N) is 1. The molecule has 8 bridgehead atoms. The van der Waals surface area contributed by atoms with Crippen LogP contribution in [0, 0.1) is 35.0 Å². The molecule has 10 N–H and O–H groups in total. The number of fused-ring (bicyclic) bond motifs is 11. The second-order valence-electron chi connectivity index (χ2n) is 18.5. The minimum Gasteiger partial charge on any atom is -0.504 e. The molecule has 2 unspecified atom stereocenters. The smallest absolute Gasteiger partial charge is 0.302 e. The molecule has 13 nitrogen and oxygen atoms in total. The molecule has 2 saturated carbocycles. The van der Waals surface area contributed by atoms with Crippen LogP contribution in [0.15, 0.2) is 17.1 Å². The third-order valence-corrected chi connectivity index (χ3v) is 16.9. The first-order valence-corrected chi connectivity index (χ1v) is 24.5. The molecule has 328 valence electrons. The van der Waals surface area contributed by atoms with E-state index in [1.165, 1.54) is 19.4 Å². The lowest BCUT2D eigenvalue weighted by Gasteiger charge is -2.52. The van der Waals surface area contributed by atoms with Crippen LogP contribution >= 0.6 is 21.6 Å². The molecule has 8 rings (SSSR count). The van der Waals surface area contributed by atoms with Gasteiger partial charge in [0.05, 0.1) is 24.2 Å². The standard InChI is InChI=1S/C44H67N5O8S2/c1-27(50)42-13-8-30-18-29-6-7-39(46-16-17-58-59-26-43(11-4-3-5-12-43)49-41(45)47-25-42)44(23-29)24-33(10-15-48-44)57-38-20-31(35(40(54)55)22-36(38)53)19-34(30)37(56-28(2)51)21-32(52)9-14-42/h20,22,27,29-30,32-34,37,39-40,46,48,50,52-55H,3-7,9-12,14-19,21,23-26H2,1-2H3,(H3,45,47,49)/t27-,29+,30?,32-,33?,34+,37-,39-,42-,44-/m0/s1. The van der Waals surface area contributed by atoms with E-state index < -0.39 is 47.8 Å². The van der Waals surface area contributed by atoms with E-state index in [4.69, 9.17) is 20.2 Å². The average molecular weight is 858 g/mol. The van der Waals surface area contributed by atoms with E-state index >= 15 is 0 Å². The Hall–Kier alpha value is -2.42. The molecule has 1 aromatic rings. The molecule has 7 aliphatic rings. The molecular formula is C44H67N5O8S2. The summed E-state index contributed by atoms with van der Waals surface area (Å²) in [5.74, 6) is 8.36. The van der Waals surface area contributed by atoms with Crippen LogP contribution in [0.1, 0.15) is 121 Å². The van der Waals surface area contributed by atoms with Crippen LogP contribution in [0.25, 0.3) is 0 Å². The minimum atomic E-state index is -1.89. The molecular weight excluding hydrogens is 791 g/mol. The van der Waals surface area contributed by atoms with Gasteiger partial charge in [-0.2, -0.15) is 0 Å². The molecule has 0 radical (unpaired) electrons. The lowest BCUT2D eigenvalue weighted by molar-refractivity contribution is -0.152. The molecule has 4 aliphatic heterocycles. The highest BCUT2D eigenvalue weighted by Crippen LogP contribution is 2.46. The number of aliphatic hydroxyl groups is 4. The Morgan fingerprint density at radius 3 is 2.63 bits per heavy atom. The van der Waals surface area contributed by atoms with Crippen molar-refractivity contribution in [2.75, 3.05) is 31.1 Å². The van der Waals surface area contributed by atoms with E-state index in [0.717, 1.165) is 82.4 Å². The number of aliphatic imine (C=N–C) groups is 1. The number of carbonyl (C=O) groups is 1. The highest BCUT2D eigenvalue weighted by atomic mass is 33.1. The summed E-state index contributed by atoms with van der Waals surface area (Å²) in [6, 6.07) is 3.24. The van der Waals surface area contributed by atoms with Crippen LogP contribution in [0.3, 0.4) is 0 Å². The summed E-state index contributed by atoms with van der Waals surface area (Å²) in [5, 5.41) is 67.6. The maximum Gasteiger partial charge on any atom is 0.302 e. The zero-order chi connectivity index (χ0) is 41.8. The summed E-state index contributed by atoms with van der Waals surface area (Å²) in [5.41, 5.74) is 5.87. The lowest BCUT2D eigenvalue weighted by atomic mass is 9.64. The van der Waals surface area contributed by atoms with Crippen molar-refractivity contribution >= 4 is 33.5 Å². The Kier molecular flexibility index (Phi) is 14.6. The van der Waals surface area contributed by atoms with Crippen molar-refractivity contribution in [1.29, 1.82) is 0 Å². The van der Waals surface area contributed by atoms with Crippen molar-refractivity contribution in [1.82, 2.24) is 16.0 Å². The first kappa shape index (κ1) is 44.6. The molecule has 1 saturated heterocycles. The maximum atomic E-state index is 12.9. The number of aromatic hydroxyl groups is 1. The van der Waals surface area contributed by atoms with Crippen molar-refractivity contribution in [2.24, 2.45) is 33.9 Å². The summed E-state index contributed by atoms with van der Waals surface area (Å²) >= 11 is 0. The Morgan fingerprint density at radius 1 is 1.05 bits per heavy atom. The van der Waals surface area contributed by atoms with E-state index in [1.54, 1.807) is 13.0 Å². The van der Waals surface area contributed by atoms with Crippen molar-refractivity contribution in [3.05, 3.63) is 23.3 Å². The number of nitrogens with zero attached hydrogens (tertiary/aromatic N) is 1. The Bertz CT molecular complexity index is 1720. The molecule has 3 aliphatic carbocycles. The topological polar surface area (TPSA) is 211 Å². The van der Waals surface area contributed by atoms with E-state index in [2.05, 4.69) is 27.8 Å². The van der Waals surface area contributed by atoms with E-state index in [0.29, 0.717) is 24.4 Å². The number of esters is 1. The number of phenolic OH excluding ortho intramolecular Hbond substituents is 1.